The van der Waals surface area contributed by atoms with Crippen LogP contribution in [0.2, 0.25) is 0 Å². The van der Waals surface area contributed by atoms with E-state index in [1.54, 1.807) is 12.2 Å². The lowest BCUT2D eigenvalue weighted by atomic mass is 10.00. The zero-order valence-electron chi connectivity index (χ0n) is 21.8. The highest BCUT2D eigenvalue weighted by molar-refractivity contribution is 5.77. The van der Waals surface area contributed by atoms with Crippen molar-refractivity contribution in [3.63, 3.8) is 0 Å². The molecule has 0 fully saturated rings. The van der Waals surface area contributed by atoms with Crippen molar-refractivity contribution in [1.29, 1.82) is 0 Å². The molecule has 0 aliphatic heterocycles. The fraction of sp³-hybridized carbons (Fsp3) is 0.0556. The summed E-state index contributed by atoms with van der Waals surface area (Å²) in [5.41, 5.74) is 7.69. The van der Waals surface area contributed by atoms with Crippen molar-refractivity contribution in [2.24, 2.45) is 0 Å². The third-order valence-corrected chi connectivity index (χ3v) is 5.43. The maximum atomic E-state index is 3.88. The Bertz CT molecular complexity index is 1250. The molecule has 2 aromatic carbocycles. The highest BCUT2D eigenvalue weighted by Gasteiger charge is 2.01. The highest BCUT2D eigenvalue weighted by Crippen LogP contribution is 2.25. The lowest BCUT2D eigenvalue weighted by Gasteiger charge is -2.09. The van der Waals surface area contributed by atoms with Crippen molar-refractivity contribution in [2.75, 3.05) is 5.32 Å². The first kappa shape index (κ1) is 28.6. The minimum atomic E-state index is 0.838. The van der Waals surface area contributed by atoms with E-state index >= 15 is 0 Å². The second-order valence-corrected chi connectivity index (χ2v) is 8.00. The van der Waals surface area contributed by atoms with E-state index in [0.717, 1.165) is 34.5 Å². The molecule has 0 saturated heterocycles. The molecule has 0 aromatic heterocycles. The zero-order valence-corrected chi connectivity index (χ0v) is 21.8. The monoisotopic (exact) mass is 483 g/mol. The molecule has 2 aromatic rings. The second-order valence-electron chi connectivity index (χ2n) is 8.00. The molecular weight excluding hydrogens is 446 g/mol. The van der Waals surface area contributed by atoms with E-state index in [1.165, 1.54) is 11.1 Å². The van der Waals surface area contributed by atoms with Crippen LogP contribution in [0.25, 0.3) is 16.7 Å². The van der Waals surface area contributed by atoms with E-state index in [-0.39, 0.29) is 0 Å². The SMILES string of the molecule is C=C\C=C/C=C/C(C=C)=C/C=C/C/C=C\C(=C/C)Nc1ccc(-c2ccc(/C(C=C)=C/C=C)cc2)cc1. The van der Waals surface area contributed by atoms with Gasteiger partial charge in [0.05, 0.1) is 0 Å². The predicted molar refractivity (Wildman–Crippen MR) is 167 cm³/mol. The van der Waals surface area contributed by atoms with Gasteiger partial charge in [-0.2, -0.15) is 0 Å². The molecule has 0 aliphatic rings. The Balaban J connectivity index is 1.94. The molecule has 2 rings (SSSR count). The van der Waals surface area contributed by atoms with E-state index in [2.05, 4.69) is 104 Å². The summed E-state index contributed by atoms with van der Waals surface area (Å²) in [6.07, 6.45) is 30.3. The van der Waals surface area contributed by atoms with Crippen molar-refractivity contribution < 1.29 is 0 Å². The van der Waals surface area contributed by atoms with Crippen LogP contribution in [-0.4, -0.2) is 0 Å². The van der Waals surface area contributed by atoms with Crippen molar-refractivity contribution in [1.82, 2.24) is 0 Å². The molecule has 1 heteroatoms. The lowest BCUT2D eigenvalue weighted by molar-refractivity contribution is 1.36. The summed E-state index contributed by atoms with van der Waals surface area (Å²) in [6.45, 7) is 17.2. The van der Waals surface area contributed by atoms with Crippen LogP contribution in [0, 0.1) is 0 Å². The smallest absolute Gasteiger partial charge is 0.0384 e. The highest BCUT2D eigenvalue weighted by atomic mass is 14.9. The quantitative estimate of drug-likeness (QED) is 0.264. The van der Waals surface area contributed by atoms with Crippen LogP contribution in [-0.2, 0) is 0 Å². The molecule has 1 nitrogen and oxygen atoms in total. The first-order valence-electron chi connectivity index (χ1n) is 12.4. The molecule has 0 bridgehead atoms. The molecule has 0 aliphatic carbocycles. The molecule has 0 radical (unpaired) electrons. The molecular formula is C36H37N. The molecule has 0 heterocycles. The minimum absolute atomic E-state index is 0.838. The predicted octanol–water partition coefficient (Wildman–Crippen LogP) is 10.3. The maximum absolute atomic E-state index is 3.88. The van der Waals surface area contributed by atoms with Crippen LogP contribution in [0.4, 0.5) is 5.69 Å². The van der Waals surface area contributed by atoms with Gasteiger partial charge in [0.1, 0.15) is 0 Å². The normalized spacial score (nSPS) is 13.1. The molecule has 1 N–H and O–H groups in total. The van der Waals surface area contributed by atoms with Gasteiger partial charge in [-0.15, -0.1) is 0 Å². The third-order valence-electron chi connectivity index (χ3n) is 5.43. The van der Waals surface area contributed by atoms with E-state index < -0.39 is 0 Å². The summed E-state index contributed by atoms with van der Waals surface area (Å²) in [4.78, 5) is 0. The van der Waals surface area contributed by atoms with E-state index in [9.17, 15) is 0 Å². The zero-order chi connectivity index (χ0) is 26.7. The third kappa shape index (κ3) is 10.3. The molecule has 0 atom stereocenters. The van der Waals surface area contributed by atoms with Gasteiger partial charge in [-0.1, -0.05) is 148 Å². The first-order chi connectivity index (χ1) is 18.1. The van der Waals surface area contributed by atoms with Crippen LogP contribution in [0.5, 0.6) is 0 Å². The second kappa shape index (κ2) is 16.9. The Kier molecular flexibility index (Phi) is 13.1. The summed E-state index contributed by atoms with van der Waals surface area (Å²) in [6, 6.07) is 17.0. The molecule has 0 spiro atoms. The molecule has 0 amide bonds. The van der Waals surface area contributed by atoms with Gasteiger partial charge < -0.3 is 5.32 Å². The number of rotatable bonds is 14. The molecule has 37 heavy (non-hydrogen) atoms. The summed E-state index contributed by atoms with van der Waals surface area (Å²) < 4.78 is 0. The average Bonchev–Trinajstić information content (AvgIpc) is 2.94. The molecule has 0 unspecified atom stereocenters. The maximum Gasteiger partial charge on any atom is 0.0384 e. The van der Waals surface area contributed by atoms with Crippen molar-refractivity contribution in [3.05, 3.63) is 183 Å². The summed E-state index contributed by atoms with van der Waals surface area (Å²) in [7, 11) is 0. The molecule has 186 valence electrons. The molecule has 0 saturated carbocycles. The summed E-state index contributed by atoms with van der Waals surface area (Å²) >= 11 is 0. The first-order valence-corrected chi connectivity index (χ1v) is 12.4. The fourth-order valence-corrected chi connectivity index (χ4v) is 3.42. The van der Waals surface area contributed by atoms with E-state index in [4.69, 9.17) is 0 Å². The lowest BCUT2D eigenvalue weighted by Crippen LogP contribution is -1.96. The van der Waals surface area contributed by atoms with Crippen molar-refractivity contribution >= 4 is 11.3 Å². The van der Waals surface area contributed by atoms with Crippen LogP contribution >= 0.6 is 0 Å². The van der Waals surface area contributed by atoms with Gasteiger partial charge in [0.25, 0.3) is 0 Å². The Morgan fingerprint density at radius 2 is 1.41 bits per heavy atom. The van der Waals surface area contributed by atoms with Crippen LogP contribution in [0.15, 0.2) is 177 Å². The topological polar surface area (TPSA) is 12.0 Å². The Hall–Kier alpha value is -4.62. The Morgan fingerprint density at radius 1 is 0.703 bits per heavy atom. The number of nitrogens with one attached hydrogen (secondary N) is 1. The standard InChI is InChI=1S/C36H37N/c1-6-11-12-15-19-30(8-3)20-16-13-14-17-21-35(10-5)37-36-28-26-34(27-29-36)33-24-22-32(23-25-33)31(9-4)18-7-2/h6-13,15-29,37H,1-4,14H2,5H3/b12-11-,16-13+,19-15+,21-17-,30-20+,31-18+,35-10+. The van der Waals surface area contributed by atoms with Crippen LogP contribution < -0.4 is 5.32 Å². The number of anilines is 1. The number of allylic oxidation sites excluding steroid dienone is 17. The van der Waals surface area contributed by atoms with Gasteiger partial charge >= 0.3 is 0 Å². The van der Waals surface area contributed by atoms with Gasteiger partial charge in [-0.3, -0.25) is 0 Å². The fourth-order valence-electron chi connectivity index (χ4n) is 3.42. The Morgan fingerprint density at radius 3 is 2.00 bits per heavy atom. The van der Waals surface area contributed by atoms with Gasteiger partial charge in [-0.25, -0.2) is 0 Å². The largest absolute Gasteiger partial charge is 0.356 e. The number of benzene rings is 2. The van der Waals surface area contributed by atoms with E-state index in [0.29, 0.717) is 0 Å². The van der Waals surface area contributed by atoms with Gasteiger partial charge in [0, 0.05) is 11.4 Å². The Labute approximate surface area is 223 Å². The van der Waals surface area contributed by atoms with Crippen molar-refractivity contribution in [2.45, 2.75) is 13.3 Å². The summed E-state index contributed by atoms with van der Waals surface area (Å²) in [5.74, 6) is 0. The minimum Gasteiger partial charge on any atom is -0.356 e. The van der Waals surface area contributed by atoms with Gasteiger partial charge in [0.15, 0.2) is 0 Å². The number of hydrogen-bond acceptors (Lipinski definition) is 1. The van der Waals surface area contributed by atoms with Crippen LogP contribution in [0.1, 0.15) is 18.9 Å². The number of hydrogen-bond donors (Lipinski definition) is 1. The van der Waals surface area contributed by atoms with E-state index in [1.807, 2.05) is 61.6 Å². The summed E-state index contributed by atoms with van der Waals surface area (Å²) in [5, 5.41) is 3.48. The van der Waals surface area contributed by atoms with Crippen LogP contribution in [0.3, 0.4) is 0 Å². The van der Waals surface area contributed by atoms with Gasteiger partial charge in [0.2, 0.25) is 0 Å². The van der Waals surface area contributed by atoms with Crippen molar-refractivity contribution in [3.8, 4) is 11.1 Å². The average molecular weight is 484 g/mol. The van der Waals surface area contributed by atoms with Gasteiger partial charge in [-0.05, 0) is 59.4 Å².